The van der Waals surface area contributed by atoms with Gasteiger partial charge in [-0.15, -0.1) is 0 Å². The number of Topliss-reactive ketones (excluding diaryl/α,β-unsaturated/α-hetero) is 1. The number of anilines is 1. The normalized spacial score (nSPS) is 15.9. The van der Waals surface area contributed by atoms with Crippen LogP contribution >= 0.6 is 0 Å². The Bertz CT molecular complexity index is 521. The van der Waals surface area contributed by atoms with Crippen molar-refractivity contribution in [1.82, 2.24) is 0 Å². The molecule has 2 rings (SSSR count). The topological polar surface area (TPSA) is 72.2 Å². The fraction of sp³-hybridized carbons (Fsp3) is 0.500. The molecule has 0 unspecified atom stereocenters. The van der Waals surface area contributed by atoms with Crippen LogP contribution in [-0.4, -0.2) is 17.3 Å². The first-order valence-corrected chi connectivity index (χ1v) is 6.51. The first-order chi connectivity index (χ1) is 8.97. The average molecular weight is 262 g/mol. The van der Waals surface area contributed by atoms with Gasteiger partial charge in [0.1, 0.15) is 5.69 Å². The van der Waals surface area contributed by atoms with Gasteiger partial charge in [-0.3, -0.25) is 14.9 Å². The number of ketones is 1. The zero-order valence-corrected chi connectivity index (χ0v) is 11.2. The maximum Gasteiger partial charge on any atom is 0.293 e. The van der Waals surface area contributed by atoms with Gasteiger partial charge in [0, 0.05) is 18.2 Å². The van der Waals surface area contributed by atoms with E-state index in [2.05, 4.69) is 12.2 Å². The number of hydrogen-bond acceptors (Lipinski definition) is 4. The number of nitro groups is 1. The summed E-state index contributed by atoms with van der Waals surface area (Å²) in [5, 5.41) is 14.2. The maximum absolute atomic E-state index is 11.3. The Morgan fingerprint density at radius 3 is 2.63 bits per heavy atom. The molecular formula is C14H18N2O3. The quantitative estimate of drug-likeness (QED) is 0.484. The molecule has 0 aliphatic heterocycles. The van der Waals surface area contributed by atoms with Crippen molar-refractivity contribution in [3.05, 3.63) is 33.9 Å². The number of nitro benzene ring substituents is 1. The Morgan fingerprint density at radius 1 is 1.47 bits per heavy atom. The van der Waals surface area contributed by atoms with Gasteiger partial charge in [-0.1, -0.05) is 6.92 Å². The van der Waals surface area contributed by atoms with Crippen molar-refractivity contribution in [2.45, 2.75) is 33.1 Å². The van der Waals surface area contributed by atoms with Crippen LogP contribution in [0.25, 0.3) is 0 Å². The minimum absolute atomic E-state index is 0.0281. The predicted molar refractivity (Wildman–Crippen MR) is 73.5 cm³/mol. The van der Waals surface area contributed by atoms with E-state index in [4.69, 9.17) is 0 Å². The Labute approximate surface area is 112 Å². The van der Waals surface area contributed by atoms with Crippen molar-refractivity contribution >= 4 is 17.2 Å². The van der Waals surface area contributed by atoms with Crippen LogP contribution in [0, 0.1) is 15.5 Å². The Morgan fingerprint density at radius 2 is 2.16 bits per heavy atom. The number of nitrogens with zero attached hydrogens (tertiary/aromatic N) is 1. The highest BCUT2D eigenvalue weighted by molar-refractivity contribution is 5.95. The Balaban J connectivity index is 2.19. The largest absolute Gasteiger partial charge is 0.379 e. The van der Waals surface area contributed by atoms with E-state index in [1.807, 2.05) is 0 Å². The van der Waals surface area contributed by atoms with Crippen LogP contribution in [0.1, 0.15) is 43.5 Å². The summed E-state index contributed by atoms with van der Waals surface area (Å²) in [6, 6.07) is 4.60. The molecule has 1 fully saturated rings. The highest BCUT2D eigenvalue weighted by Gasteiger charge is 2.40. The Hall–Kier alpha value is -1.91. The second kappa shape index (κ2) is 4.99. The molecule has 1 N–H and O–H groups in total. The minimum Gasteiger partial charge on any atom is -0.379 e. The second-order valence-corrected chi connectivity index (χ2v) is 5.25. The van der Waals surface area contributed by atoms with Gasteiger partial charge in [-0.25, -0.2) is 0 Å². The van der Waals surface area contributed by atoms with Crippen LogP contribution in [0.2, 0.25) is 0 Å². The molecule has 0 radical (unpaired) electrons. The number of benzene rings is 1. The maximum atomic E-state index is 11.3. The van der Waals surface area contributed by atoms with Gasteiger partial charge >= 0.3 is 0 Å². The summed E-state index contributed by atoms with van der Waals surface area (Å²) in [7, 11) is 0. The summed E-state index contributed by atoms with van der Waals surface area (Å²) in [5.41, 5.74) is 1.15. The number of rotatable bonds is 6. The molecule has 5 nitrogen and oxygen atoms in total. The summed E-state index contributed by atoms with van der Waals surface area (Å²) in [6.07, 6.45) is 3.44. The summed E-state index contributed by atoms with van der Waals surface area (Å²) in [4.78, 5) is 21.9. The molecule has 19 heavy (non-hydrogen) atoms. The molecule has 102 valence electrons. The third-order valence-electron chi connectivity index (χ3n) is 3.96. The monoisotopic (exact) mass is 262 g/mol. The smallest absolute Gasteiger partial charge is 0.293 e. The van der Waals surface area contributed by atoms with Crippen molar-refractivity contribution < 1.29 is 9.72 Å². The number of hydrogen-bond donors (Lipinski definition) is 1. The van der Waals surface area contributed by atoms with E-state index >= 15 is 0 Å². The molecular weight excluding hydrogens is 244 g/mol. The number of carbonyl (C=O) groups is 1. The summed E-state index contributed by atoms with van der Waals surface area (Å²) in [6.45, 7) is 4.30. The molecule has 0 atom stereocenters. The van der Waals surface area contributed by atoms with Crippen LogP contribution in [0.5, 0.6) is 0 Å². The van der Waals surface area contributed by atoms with Gasteiger partial charge in [-0.05, 0) is 43.7 Å². The lowest BCUT2D eigenvalue weighted by molar-refractivity contribution is -0.384. The van der Waals surface area contributed by atoms with Crippen molar-refractivity contribution in [2.75, 3.05) is 11.9 Å². The van der Waals surface area contributed by atoms with Crippen molar-refractivity contribution in [3.8, 4) is 0 Å². The fourth-order valence-corrected chi connectivity index (χ4v) is 2.17. The van der Waals surface area contributed by atoms with Crippen molar-refractivity contribution in [3.63, 3.8) is 0 Å². The molecule has 1 aromatic rings. The lowest BCUT2D eigenvalue weighted by atomic mass is 10.0. The number of carbonyl (C=O) groups excluding carboxylic acids is 1. The molecule has 0 aromatic heterocycles. The second-order valence-electron chi connectivity index (χ2n) is 5.25. The summed E-state index contributed by atoms with van der Waals surface area (Å²) in [5.74, 6) is -0.165. The molecule has 0 amide bonds. The highest BCUT2D eigenvalue weighted by atomic mass is 16.6. The van der Waals surface area contributed by atoms with E-state index in [0.717, 1.165) is 13.0 Å². The van der Waals surface area contributed by atoms with Gasteiger partial charge in [0.2, 0.25) is 0 Å². The van der Waals surface area contributed by atoms with Crippen LogP contribution in [0.15, 0.2) is 18.2 Å². The molecule has 1 aliphatic rings. The van der Waals surface area contributed by atoms with Crippen LogP contribution in [-0.2, 0) is 0 Å². The van der Waals surface area contributed by atoms with Crippen molar-refractivity contribution in [2.24, 2.45) is 5.41 Å². The van der Waals surface area contributed by atoms with Crippen LogP contribution in [0.4, 0.5) is 11.4 Å². The molecule has 1 aromatic carbocycles. The third kappa shape index (κ3) is 2.92. The van der Waals surface area contributed by atoms with E-state index in [1.165, 1.54) is 25.8 Å². The zero-order valence-electron chi connectivity index (χ0n) is 11.2. The van der Waals surface area contributed by atoms with E-state index in [1.54, 1.807) is 12.1 Å². The molecule has 1 saturated carbocycles. The molecule has 0 saturated heterocycles. The molecule has 0 bridgehead atoms. The number of nitrogens with one attached hydrogen (secondary N) is 1. The molecule has 1 aliphatic carbocycles. The van der Waals surface area contributed by atoms with Crippen molar-refractivity contribution in [1.29, 1.82) is 0 Å². The van der Waals surface area contributed by atoms with E-state index in [0.29, 0.717) is 16.7 Å². The van der Waals surface area contributed by atoms with E-state index in [9.17, 15) is 14.9 Å². The van der Waals surface area contributed by atoms with Gasteiger partial charge in [0.25, 0.3) is 5.69 Å². The highest BCUT2D eigenvalue weighted by Crippen LogP contribution is 2.48. The molecule has 5 heteroatoms. The predicted octanol–water partition coefficient (Wildman–Crippen LogP) is 3.40. The minimum atomic E-state index is -0.444. The van der Waals surface area contributed by atoms with Crippen LogP contribution < -0.4 is 5.32 Å². The summed E-state index contributed by atoms with van der Waals surface area (Å²) < 4.78 is 0. The molecule has 0 spiro atoms. The van der Waals surface area contributed by atoms with Gasteiger partial charge < -0.3 is 5.32 Å². The Kier molecular flexibility index (Phi) is 3.55. The van der Waals surface area contributed by atoms with E-state index < -0.39 is 4.92 Å². The standard InChI is InChI=1S/C14H18N2O3/c1-3-14(6-7-14)9-15-12-5-4-11(10(2)17)8-13(12)16(18)19/h4-5,8,15H,3,6-7,9H2,1-2H3. The third-order valence-corrected chi connectivity index (χ3v) is 3.96. The van der Waals surface area contributed by atoms with Gasteiger partial charge in [0.05, 0.1) is 4.92 Å². The van der Waals surface area contributed by atoms with Crippen LogP contribution in [0.3, 0.4) is 0 Å². The lowest BCUT2D eigenvalue weighted by Gasteiger charge is -2.14. The first kappa shape index (κ1) is 13.5. The average Bonchev–Trinajstić information content (AvgIpc) is 3.16. The first-order valence-electron chi connectivity index (χ1n) is 6.51. The lowest BCUT2D eigenvalue weighted by Crippen LogP contribution is -2.15. The van der Waals surface area contributed by atoms with Gasteiger partial charge in [-0.2, -0.15) is 0 Å². The van der Waals surface area contributed by atoms with E-state index in [-0.39, 0.29) is 11.5 Å². The SMILES string of the molecule is CCC1(CNc2ccc(C(C)=O)cc2[N+](=O)[O-])CC1. The molecule has 0 heterocycles. The zero-order chi connectivity index (χ0) is 14.0. The fourth-order valence-electron chi connectivity index (χ4n) is 2.17. The summed E-state index contributed by atoms with van der Waals surface area (Å²) >= 11 is 0. The van der Waals surface area contributed by atoms with Gasteiger partial charge in [0.15, 0.2) is 5.78 Å².